The minimum absolute atomic E-state index is 0.0732. The van der Waals surface area contributed by atoms with Crippen LogP contribution in [0.1, 0.15) is 56.7 Å². The number of likely N-dealkylation sites (tertiary alicyclic amines) is 1. The van der Waals surface area contributed by atoms with Crippen LogP contribution in [-0.2, 0) is 19.7 Å². The molecule has 0 aliphatic carbocycles. The second-order valence-electron chi connectivity index (χ2n) is 10.3. The molecule has 3 amide bonds. The number of hydrogen-bond donors (Lipinski definition) is 4. The van der Waals surface area contributed by atoms with Crippen LogP contribution in [0.25, 0.3) is 0 Å². The van der Waals surface area contributed by atoms with Gasteiger partial charge in [0.05, 0.1) is 12.2 Å². The van der Waals surface area contributed by atoms with E-state index in [4.69, 9.17) is 5.11 Å². The van der Waals surface area contributed by atoms with Gasteiger partial charge in [-0.25, -0.2) is 13.6 Å². The molecule has 2 aliphatic heterocycles. The first kappa shape index (κ1) is 27.3. The van der Waals surface area contributed by atoms with Crippen molar-refractivity contribution in [2.24, 2.45) is 0 Å². The summed E-state index contributed by atoms with van der Waals surface area (Å²) >= 11 is 0. The van der Waals surface area contributed by atoms with Gasteiger partial charge in [0, 0.05) is 49.4 Å². The van der Waals surface area contributed by atoms with E-state index in [2.05, 4.69) is 16.0 Å². The number of benzene rings is 3. The van der Waals surface area contributed by atoms with E-state index in [-0.39, 0.29) is 43.5 Å². The predicted molar refractivity (Wildman–Crippen MR) is 145 cm³/mol. The Balaban J connectivity index is 1.14. The largest absolute Gasteiger partial charge is 0.392 e. The molecular formula is C30H30F2N4O4. The lowest BCUT2D eigenvalue weighted by Gasteiger charge is -2.45. The van der Waals surface area contributed by atoms with E-state index in [1.807, 2.05) is 0 Å². The van der Waals surface area contributed by atoms with Crippen LogP contribution < -0.4 is 16.0 Å². The predicted octanol–water partition coefficient (Wildman–Crippen LogP) is 4.13. The molecule has 2 aliphatic rings. The summed E-state index contributed by atoms with van der Waals surface area (Å²) in [5.74, 6) is -1.79. The smallest absolute Gasteiger partial charge is 0.317 e. The summed E-state index contributed by atoms with van der Waals surface area (Å²) in [5.41, 5.74) is 2.52. The average molecular weight is 549 g/mol. The molecule has 2 heterocycles. The van der Waals surface area contributed by atoms with Crippen LogP contribution in [0.15, 0.2) is 60.7 Å². The highest BCUT2D eigenvalue weighted by Gasteiger charge is 2.41. The van der Waals surface area contributed by atoms with Gasteiger partial charge in [-0.3, -0.25) is 9.59 Å². The number of nitrogens with one attached hydrogen (secondary N) is 3. The van der Waals surface area contributed by atoms with E-state index < -0.39 is 23.1 Å². The average Bonchev–Trinajstić information content (AvgIpc) is 2.96. The van der Waals surface area contributed by atoms with Crippen LogP contribution in [0, 0.1) is 11.6 Å². The number of aliphatic hydroxyl groups excluding tert-OH is 1. The molecule has 3 aromatic carbocycles. The summed E-state index contributed by atoms with van der Waals surface area (Å²) in [5, 5.41) is 18.1. The zero-order valence-electron chi connectivity index (χ0n) is 21.8. The van der Waals surface area contributed by atoms with Gasteiger partial charge in [-0.05, 0) is 59.9 Å². The normalized spacial score (nSPS) is 15.8. The molecule has 0 atom stereocenters. The molecule has 3 aromatic rings. The first-order valence-corrected chi connectivity index (χ1v) is 13.1. The van der Waals surface area contributed by atoms with E-state index in [9.17, 15) is 23.2 Å². The van der Waals surface area contributed by atoms with Crippen molar-refractivity contribution in [2.75, 3.05) is 18.4 Å². The fraction of sp³-hybridized carbons (Fsp3) is 0.300. The number of hydrogen-bond acceptors (Lipinski definition) is 5. The first-order chi connectivity index (χ1) is 19.2. The Morgan fingerprint density at radius 2 is 1.57 bits per heavy atom. The molecule has 8 nitrogen and oxygen atoms in total. The zero-order chi connectivity index (χ0) is 28.3. The van der Waals surface area contributed by atoms with Crippen LogP contribution in [0.5, 0.6) is 0 Å². The van der Waals surface area contributed by atoms with E-state index in [1.54, 1.807) is 35.2 Å². The van der Waals surface area contributed by atoms with Crippen molar-refractivity contribution in [1.29, 1.82) is 0 Å². The molecule has 0 radical (unpaired) electrons. The fourth-order valence-electron chi connectivity index (χ4n) is 5.21. The number of urea groups is 1. The van der Waals surface area contributed by atoms with Gasteiger partial charge in [-0.1, -0.05) is 30.3 Å². The van der Waals surface area contributed by atoms with Gasteiger partial charge in [0.1, 0.15) is 11.6 Å². The second kappa shape index (κ2) is 11.4. The van der Waals surface area contributed by atoms with Gasteiger partial charge in [-0.2, -0.15) is 0 Å². The lowest BCUT2D eigenvalue weighted by Crippen LogP contribution is -2.55. The van der Waals surface area contributed by atoms with Crippen molar-refractivity contribution in [1.82, 2.24) is 15.5 Å². The Hall–Kier alpha value is -4.31. The summed E-state index contributed by atoms with van der Waals surface area (Å²) in [7, 11) is 0. The van der Waals surface area contributed by atoms with Gasteiger partial charge in [-0.15, -0.1) is 0 Å². The molecule has 10 heteroatoms. The van der Waals surface area contributed by atoms with E-state index in [1.165, 1.54) is 30.3 Å². The van der Waals surface area contributed by atoms with Crippen molar-refractivity contribution in [3.63, 3.8) is 0 Å². The number of aliphatic hydroxyl groups is 1. The standard InChI is InChI=1S/C30H30F2N4O4/c31-22-6-8-26-24(14-22)27(38)15-30(35-26)9-11-36(12-10-30)29(40)34-17-21-5-7-25(32)23(13-21)28(39)33-16-19-1-3-20(18-37)4-2-19/h1-8,13-14,35,37H,9-12,15-18H2,(H,33,39)(H,34,40). The summed E-state index contributed by atoms with van der Waals surface area (Å²) in [6.07, 6.45) is 1.37. The SMILES string of the molecule is O=C(NCc1ccc(CO)cc1)c1cc(CNC(=O)N2CCC3(CC2)CC(=O)c2cc(F)ccc2N3)ccc1F. The molecule has 5 rings (SSSR count). The lowest BCUT2D eigenvalue weighted by molar-refractivity contribution is 0.0913. The third kappa shape index (κ3) is 5.96. The quantitative estimate of drug-likeness (QED) is 0.370. The maximum absolute atomic E-state index is 14.4. The topological polar surface area (TPSA) is 111 Å². The molecule has 40 heavy (non-hydrogen) atoms. The number of rotatable bonds is 6. The minimum Gasteiger partial charge on any atom is -0.392 e. The maximum Gasteiger partial charge on any atom is 0.317 e. The van der Waals surface area contributed by atoms with Crippen molar-refractivity contribution in [2.45, 2.75) is 44.5 Å². The molecular weight excluding hydrogens is 518 g/mol. The summed E-state index contributed by atoms with van der Waals surface area (Å²) in [6.45, 7) is 1.10. The Kier molecular flexibility index (Phi) is 7.79. The Morgan fingerprint density at radius 3 is 2.30 bits per heavy atom. The fourth-order valence-corrected chi connectivity index (χ4v) is 5.21. The molecule has 4 N–H and O–H groups in total. The summed E-state index contributed by atoms with van der Waals surface area (Å²) in [6, 6.07) is 15.1. The second-order valence-corrected chi connectivity index (χ2v) is 10.3. The van der Waals surface area contributed by atoms with Gasteiger partial charge < -0.3 is 26.0 Å². The maximum atomic E-state index is 14.4. The minimum atomic E-state index is -0.664. The Bertz CT molecular complexity index is 1440. The number of fused-ring (bicyclic) bond motifs is 1. The lowest BCUT2D eigenvalue weighted by atomic mass is 9.78. The van der Waals surface area contributed by atoms with Gasteiger partial charge in [0.15, 0.2) is 5.78 Å². The van der Waals surface area contributed by atoms with Crippen LogP contribution in [0.4, 0.5) is 19.3 Å². The summed E-state index contributed by atoms with van der Waals surface area (Å²) < 4.78 is 28.0. The van der Waals surface area contributed by atoms with Gasteiger partial charge >= 0.3 is 6.03 Å². The highest BCUT2D eigenvalue weighted by molar-refractivity contribution is 6.04. The number of piperidine rings is 1. The number of carbonyl (C=O) groups is 3. The van der Waals surface area contributed by atoms with E-state index >= 15 is 0 Å². The van der Waals surface area contributed by atoms with Crippen molar-refractivity contribution in [3.05, 3.63) is 100 Å². The number of Topliss-reactive ketones (excluding diaryl/α,β-unsaturated/α-hetero) is 1. The molecule has 1 spiro atoms. The van der Waals surface area contributed by atoms with Crippen molar-refractivity contribution < 1.29 is 28.3 Å². The monoisotopic (exact) mass is 548 g/mol. The number of anilines is 1. The number of carbonyl (C=O) groups excluding carboxylic acids is 3. The van der Waals surface area contributed by atoms with Crippen LogP contribution in [0.2, 0.25) is 0 Å². The van der Waals surface area contributed by atoms with Crippen molar-refractivity contribution in [3.8, 4) is 0 Å². The summed E-state index contributed by atoms with van der Waals surface area (Å²) in [4.78, 5) is 39.8. The van der Waals surface area contributed by atoms with Gasteiger partial charge in [0.25, 0.3) is 5.91 Å². The molecule has 0 bridgehead atoms. The number of nitrogens with zero attached hydrogens (tertiary/aromatic N) is 1. The van der Waals surface area contributed by atoms with E-state index in [0.717, 1.165) is 11.1 Å². The molecule has 0 unspecified atom stereocenters. The number of amides is 3. The third-order valence-corrected chi connectivity index (χ3v) is 7.57. The van der Waals surface area contributed by atoms with Gasteiger partial charge in [0.2, 0.25) is 0 Å². The Morgan fingerprint density at radius 1 is 0.900 bits per heavy atom. The van der Waals surface area contributed by atoms with Crippen LogP contribution in [0.3, 0.4) is 0 Å². The molecule has 1 saturated heterocycles. The highest BCUT2D eigenvalue weighted by atomic mass is 19.1. The molecule has 0 aromatic heterocycles. The number of ketones is 1. The first-order valence-electron chi connectivity index (χ1n) is 13.1. The highest BCUT2D eigenvalue weighted by Crippen LogP contribution is 2.37. The van der Waals surface area contributed by atoms with Crippen LogP contribution >= 0.6 is 0 Å². The van der Waals surface area contributed by atoms with Crippen molar-refractivity contribution >= 4 is 23.4 Å². The van der Waals surface area contributed by atoms with E-state index in [0.29, 0.717) is 42.7 Å². The number of halogens is 2. The molecule has 1 fully saturated rings. The molecule has 0 saturated carbocycles. The van der Waals surface area contributed by atoms with Crippen LogP contribution in [-0.4, -0.2) is 46.4 Å². The zero-order valence-corrected chi connectivity index (χ0v) is 21.8. The third-order valence-electron chi connectivity index (χ3n) is 7.57. The molecule has 208 valence electrons. The Labute approximate surface area is 230 Å².